The monoisotopic (exact) mass is 604 g/mol. The van der Waals surface area contributed by atoms with Crippen LogP contribution in [0, 0.1) is 23.6 Å². The first-order valence-electron chi connectivity index (χ1n) is 16.1. The maximum atomic E-state index is 13.9. The number of amides is 2. The molecule has 0 bridgehead atoms. The number of allylic oxidation sites excluding steroid dienone is 2. The van der Waals surface area contributed by atoms with Crippen LogP contribution in [0.1, 0.15) is 69.9 Å². The van der Waals surface area contributed by atoms with E-state index in [4.69, 9.17) is 0 Å². The highest BCUT2D eigenvalue weighted by molar-refractivity contribution is 6.06. The van der Waals surface area contributed by atoms with Gasteiger partial charge < -0.3 is 15.3 Å². The number of carbonyl (C=O) groups excluding carboxylic acids is 2. The number of nitrogens with zero attached hydrogens (tertiary/aromatic N) is 2. The third-order valence-corrected chi connectivity index (χ3v) is 9.91. The van der Waals surface area contributed by atoms with E-state index in [2.05, 4.69) is 17.0 Å². The number of imide groups is 1. The minimum atomic E-state index is -0.868. The number of hydrogen-bond donors (Lipinski definition) is 3. The standard InChI is InChI=1S/C36H45FN2O5/c1-3-23(18-25-11-12-31(41)30(37)19-25)10-13-32(42)33-26(4-2)20-28-34(29(33)22-40)36(44)39(35(28)43)27-14-16-38(17-15-27)21-24-8-6-5-7-9-24/h5-9,11-12,18-19,27-29,32,34,40-42H,3-4,10,13-17,20-22H2,1-2H3/b23-18+/t28-,29+,32-,34-/m1/s1. The zero-order chi connectivity index (χ0) is 31.4. The molecule has 3 N–H and O–H groups in total. The van der Waals surface area contributed by atoms with Crippen molar-refractivity contribution in [3.05, 3.63) is 82.2 Å². The van der Waals surface area contributed by atoms with Gasteiger partial charge in [-0.15, -0.1) is 0 Å². The molecule has 4 atom stereocenters. The Bertz CT molecular complexity index is 1400. The third kappa shape index (κ3) is 6.67. The van der Waals surface area contributed by atoms with Crippen molar-refractivity contribution < 1.29 is 29.3 Å². The maximum absolute atomic E-state index is 13.9. The van der Waals surface area contributed by atoms with Crippen LogP contribution >= 0.6 is 0 Å². The van der Waals surface area contributed by atoms with Crippen LogP contribution in [-0.2, 0) is 16.1 Å². The Morgan fingerprint density at radius 2 is 1.80 bits per heavy atom. The van der Waals surface area contributed by atoms with Gasteiger partial charge in [0.05, 0.1) is 24.5 Å². The molecule has 1 aliphatic carbocycles. The molecule has 2 amide bonds. The van der Waals surface area contributed by atoms with Crippen LogP contribution in [0.2, 0.25) is 0 Å². The fraction of sp³-hybridized carbons (Fsp3) is 0.500. The van der Waals surface area contributed by atoms with E-state index in [0.717, 1.165) is 43.6 Å². The van der Waals surface area contributed by atoms with Gasteiger partial charge in [-0.05, 0) is 73.8 Å². The first-order chi connectivity index (χ1) is 21.2. The lowest BCUT2D eigenvalue weighted by Crippen LogP contribution is -2.47. The summed E-state index contributed by atoms with van der Waals surface area (Å²) in [6.07, 6.45) is 5.17. The van der Waals surface area contributed by atoms with Crippen LogP contribution in [0.25, 0.3) is 6.08 Å². The van der Waals surface area contributed by atoms with E-state index >= 15 is 0 Å². The number of piperidine rings is 1. The highest BCUT2D eigenvalue weighted by atomic mass is 19.1. The summed E-state index contributed by atoms with van der Waals surface area (Å²) in [6.45, 7) is 6.15. The molecule has 8 heteroatoms. The lowest BCUT2D eigenvalue weighted by atomic mass is 9.67. The molecule has 0 aromatic heterocycles. The molecule has 5 rings (SSSR count). The van der Waals surface area contributed by atoms with E-state index in [-0.39, 0.29) is 24.5 Å². The Labute approximate surface area is 259 Å². The third-order valence-electron chi connectivity index (χ3n) is 9.91. The molecule has 0 saturated carbocycles. The number of hydrogen-bond acceptors (Lipinski definition) is 6. The number of phenols is 1. The summed E-state index contributed by atoms with van der Waals surface area (Å²) < 4.78 is 13.9. The zero-order valence-corrected chi connectivity index (χ0v) is 25.8. The molecule has 7 nitrogen and oxygen atoms in total. The van der Waals surface area contributed by atoms with Crippen LogP contribution in [0.3, 0.4) is 0 Å². The second-order valence-electron chi connectivity index (χ2n) is 12.5. The lowest BCUT2D eigenvalue weighted by Gasteiger charge is -2.37. The maximum Gasteiger partial charge on any atom is 0.234 e. The molecule has 2 aromatic carbocycles. The number of rotatable bonds is 11. The fourth-order valence-corrected chi connectivity index (χ4v) is 7.54. The summed E-state index contributed by atoms with van der Waals surface area (Å²) in [4.78, 5) is 31.6. The highest BCUT2D eigenvalue weighted by Gasteiger charge is 2.56. The highest BCUT2D eigenvalue weighted by Crippen LogP contribution is 2.48. The van der Waals surface area contributed by atoms with Gasteiger partial charge in [-0.3, -0.25) is 19.4 Å². The minimum absolute atomic E-state index is 0.128. The number of likely N-dealkylation sites (tertiary alicyclic amines) is 2. The largest absolute Gasteiger partial charge is 0.505 e. The van der Waals surface area contributed by atoms with Crippen molar-refractivity contribution in [1.29, 1.82) is 0 Å². The first-order valence-corrected chi connectivity index (χ1v) is 16.1. The molecule has 236 valence electrons. The van der Waals surface area contributed by atoms with Gasteiger partial charge >= 0.3 is 0 Å². The number of benzene rings is 2. The molecule has 2 heterocycles. The number of halogens is 1. The number of phenolic OH excluding ortho intramolecular Hbond substituents is 1. The molecule has 2 saturated heterocycles. The molecule has 3 aliphatic rings. The lowest BCUT2D eigenvalue weighted by molar-refractivity contribution is -0.144. The number of aliphatic hydroxyl groups excluding tert-OH is 2. The molecule has 2 aromatic rings. The number of aromatic hydroxyl groups is 1. The summed E-state index contributed by atoms with van der Waals surface area (Å²) in [5.41, 5.74) is 4.56. The molecule has 0 spiro atoms. The molecule has 2 aliphatic heterocycles. The van der Waals surface area contributed by atoms with Crippen molar-refractivity contribution in [2.75, 3.05) is 19.7 Å². The topological polar surface area (TPSA) is 101 Å². The predicted octanol–water partition coefficient (Wildman–Crippen LogP) is 5.45. The van der Waals surface area contributed by atoms with E-state index < -0.39 is 35.4 Å². The van der Waals surface area contributed by atoms with Gasteiger partial charge in [-0.2, -0.15) is 0 Å². The Morgan fingerprint density at radius 3 is 2.43 bits per heavy atom. The Hall–Kier alpha value is -3.33. The van der Waals surface area contributed by atoms with Crippen molar-refractivity contribution in [3.63, 3.8) is 0 Å². The van der Waals surface area contributed by atoms with Gasteiger partial charge in [0.25, 0.3) is 0 Å². The Kier molecular flexibility index (Phi) is 10.3. The molecule has 44 heavy (non-hydrogen) atoms. The van der Waals surface area contributed by atoms with E-state index in [9.17, 15) is 29.3 Å². The van der Waals surface area contributed by atoms with Gasteiger partial charge in [-0.1, -0.05) is 67.5 Å². The van der Waals surface area contributed by atoms with Gasteiger partial charge in [0.15, 0.2) is 11.6 Å². The average Bonchev–Trinajstić information content (AvgIpc) is 3.29. The van der Waals surface area contributed by atoms with Crippen molar-refractivity contribution in [3.8, 4) is 5.75 Å². The summed E-state index contributed by atoms with van der Waals surface area (Å²) >= 11 is 0. The number of carbonyl (C=O) groups is 2. The SMILES string of the molecule is CCC1=C([C@H](O)CC/C(=C/c2ccc(O)c(F)c2)CC)[C@H](CO)[C@@H]2C(=O)N(C3CCN(Cc4ccccc4)CC3)C(=O)[C@@H]2C1. The fourth-order valence-electron chi connectivity index (χ4n) is 7.54. The smallest absolute Gasteiger partial charge is 0.234 e. The second-order valence-corrected chi connectivity index (χ2v) is 12.5. The summed E-state index contributed by atoms with van der Waals surface area (Å²) in [5, 5.41) is 31.6. The molecule has 2 fully saturated rings. The van der Waals surface area contributed by atoms with Gasteiger partial charge in [0.1, 0.15) is 0 Å². The van der Waals surface area contributed by atoms with Crippen molar-refractivity contribution in [2.45, 2.75) is 77.5 Å². The summed E-state index contributed by atoms with van der Waals surface area (Å²) in [6, 6.07) is 14.4. The zero-order valence-electron chi connectivity index (χ0n) is 25.8. The Balaban J connectivity index is 1.27. The van der Waals surface area contributed by atoms with Gasteiger partial charge in [-0.25, -0.2) is 4.39 Å². The summed E-state index contributed by atoms with van der Waals surface area (Å²) in [5.74, 6) is -3.16. The summed E-state index contributed by atoms with van der Waals surface area (Å²) in [7, 11) is 0. The minimum Gasteiger partial charge on any atom is -0.505 e. The number of aliphatic hydroxyl groups is 2. The van der Waals surface area contributed by atoms with Crippen molar-refractivity contribution in [2.24, 2.45) is 17.8 Å². The van der Waals surface area contributed by atoms with Gasteiger partial charge in [0.2, 0.25) is 11.8 Å². The first kappa shape index (κ1) is 32.1. The van der Waals surface area contributed by atoms with E-state index in [1.165, 1.54) is 22.6 Å². The van der Waals surface area contributed by atoms with E-state index in [0.29, 0.717) is 43.2 Å². The van der Waals surface area contributed by atoms with Crippen molar-refractivity contribution >= 4 is 17.9 Å². The van der Waals surface area contributed by atoms with Crippen molar-refractivity contribution in [1.82, 2.24) is 9.80 Å². The van der Waals surface area contributed by atoms with Crippen LogP contribution < -0.4 is 0 Å². The van der Waals surface area contributed by atoms with Gasteiger partial charge in [0, 0.05) is 31.6 Å². The van der Waals surface area contributed by atoms with Crippen LogP contribution in [0.15, 0.2) is 65.3 Å². The number of fused-ring (bicyclic) bond motifs is 1. The average molecular weight is 605 g/mol. The van der Waals surface area contributed by atoms with Crippen LogP contribution in [0.5, 0.6) is 5.75 Å². The molecule has 0 radical (unpaired) electrons. The van der Waals surface area contributed by atoms with E-state index in [1.807, 2.05) is 38.1 Å². The molecular formula is C36H45FN2O5. The predicted molar refractivity (Wildman–Crippen MR) is 168 cm³/mol. The van der Waals surface area contributed by atoms with Crippen LogP contribution in [-0.4, -0.2) is 68.8 Å². The Morgan fingerprint density at radius 1 is 1.07 bits per heavy atom. The molecule has 0 unspecified atom stereocenters. The second kappa shape index (κ2) is 14.2. The molecular weight excluding hydrogens is 559 g/mol. The van der Waals surface area contributed by atoms with Crippen LogP contribution in [0.4, 0.5) is 4.39 Å². The van der Waals surface area contributed by atoms with E-state index in [1.54, 1.807) is 6.07 Å². The normalized spacial score (nSPS) is 24.2. The quantitative estimate of drug-likeness (QED) is 0.233.